The van der Waals surface area contributed by atoms with Gasteiger partial charge in [0.05, 0.1) is 11.0 Å². The summed E-state index contributed by atoms with van der Waals surface area (Å²) in [5.41, 5.74) is 3.20. The highest BCUT2D eigenvalue weighted by Gasteiger charge is 2.14. The molecule has 1 N–H and O–H groups in total. The second kappa shape index (κ2) is 4.53. The van der Waals surface area contributed by atoms with Crippen LogP contribution in [0.4, 0.5) is 4.39 Å². The fourth-order valence-corrected chi connectivity index (χ4v) is 2.85. The van der Waals surface area contributed by atoms with Crippen molar-refractivity contribution in [1.82, 2.24) is 14.5 Å². The van der Waals surface area contributed by atoms with Crippen molar-refractivity contribution in [3.8, 4) is 17.0 Å². The van der Waals surface area contributed by atoms with E-state index in [1.165, 1.54) is 18.3 Å². The fourth-order valence-electron chi connectivity index (χ4n) is 2.85. The average Bonchev–Trinajstić information content (AvgIpc) is 2.82. The minimum atomic E-state index is -0.292. The Bertz CT molecular complexity index is 1010. The third kappa shape index (κ3) is 1.75. The maximum Gasteiger partial charge on any atom is 0.210 e. The van der Waals surface area contributed by atoms with Crippen molar-refractivity contribution < 1.29 is 9.50 Å². The summed E-state index contributed by atoms with van der Waals surface area (Å²) in [6.07, 6.45) is 4.91. The van der Waals surface area contributed by atoms with E-state index in [2.05, 4.69) is 9.97 Å². The number of aromatic hydroxyl groups is 1. The zero-order chi connectivity index (χ0) is 15.3. The number of rotatable bonds is 1. The lowest BCUT2D eigenvalue weighted by Gasteiger charge is -2.05. The van der Waals surface area contributed by atoms with Crippen LogP contribution in [-0.2, 0) is 7.05 Å². The van der Waals surface area contributed by atoms with Crippen molar-refractivity contribution in [2.75, 3.05) is 0 Å². The highest BCUT2D eigenvalue weighted by Crippen LogP contribution is 2.33. The molecular weight excluding hydrogens is 281 g/mol. The molecule has 3 heterocycles. The molecule has 0 atom stereocenters. The zero-order valence-electron chi connectivity index (χ0n) is 11.8. The molecule has 0 amide bonds. The van der Waals surface area contributed by atoms with Crippen LogP contribution in [0.25, 0.3) is 32.9 Å². The van der Waals surface area contributed by atoms with Crippen LogP contribution >= 0.6 is 0 Å². The van der Waals surface area contributed by atoms with E-state index in [-0.39, 0.29) is 11.7 Å². The quantitative estimate of drug-likeness (QED) is 0.583. The van der Waals surface area contributed by atoms with Gasteiger partial charge in [0, 0.05) is 48.0 Å². The van der Waals surface area contributed by atoms with Crippen LogP contribution in [0.15, 0.2) is 48.9 Å². The van der Waals surface area contributed by atoms with Gasteiger partial charge in [-0.3, -0.25) is 4.98 Å². The van der Waals surface area contributed by atoms with E-state index in [1.807, 2.05) is 23.7 Å². The zero-order valence-corrected chi connectivity index (χ0v) is 11.8. The van der Waals surface area contributed by atoms with Crippen molar-refractivity contribution in [3.05, 3.63) is 54.7 Å². The van der Waals surface area contributed by atoms with Gasteiger partial charge in [0.25, 0.3) is 0 Å². The predicted molar refractivity (Wildman–Crippen MR) is 83.1 cm³/mol. The molecule has 0 fully saturated rings. The minimum Gasteiger partial charge on any atom is -0.493 e. The van der Waals surface area contributed by atoms with Gasteiger partial charge in [-0.25, -0.2) is 9.37 Å². The summed E-state index contributed by atoms with van der Waals surface area (Å²) >= 11 is 0. The summed E-state index contributed by atoms with van der Waals surface area (Å²) in [5.74, 6) is -0.347. The summed E-state index contributed by atoms with van der Waals surface area (Å²) in [5, 5.41) is 10.6. The molecule has 4 rings (SSSR count). The fraction of sp³-hybridized carbons (Fsp3) is 0.0588. The molecule has 108 valence electrons. The normalized spacial score (nSPS) is 11.4. The Kier molecular flexibility index (Phi) is 2.63. The second-order valence-corrected chi connectivity index (χ2v) is 5.21. The van der Waals surface area contributed by atoms with Crippen molar-refractivity contribution in [2.24, 2.45) is 7.05 Å². The number of halogens is 1. The number of hydrogen-bond donors (Lipinski definition) is 1. The average molecular weight is 293 g/mol. The summed E-state index contributed by atoms with van der Waals surface area (Å²) in [7, 11) is 1.91. The van der Waals surface area contributed by atoms with Crippen LogP contribution in [0.1, 0.15) is 0 Å². The molecule has 0 saturated carbocycles. The summed E-state index contributed by atoms with van der Waals surface area (Å²) < 4.78 is 16.6. The lowest BCUT2D eigenvalue weighted by molar-refractivity contribution is 0.453. The minimum absolute atomic E-state index is 0.0546. The van der Waals surface area contributed by atoms with Gasteiger partial charge in [-0.05, 0) is 29.8 Å². The summed E-state index contributed by atoms with van der Waals surface area (Å²) in [6.45, 7) is 0. The van der Waals surface area contributed by atoms with Crippen molar-refractivity contribution >= 4 is 21.8 Å². The van der Waals surface area contributed by atoms with Crippen LogP contribution in [-0.4, -0.2) is 19.6 Å². The Balaban J connectivity index is 2.06. The smallest absolute Gasteiger partial charge is 0.210 e. The molecule has 0 bridgehead atoms. The largest absolute Gasteiger partial charge is 0.493 e. The van der Waals surface area contributed by atoms with Gasteiger partial charge in [-0.1, -0.05) is 0 Å². The molecule has 0 unspecified atom stereocenters. The first-order chi connectivity index (χ1) is 10.6. The maximum absolute atomic E-state index is 14.6. The van der Waals surface area contributed by atoms with E-state index in [0.29, 0.717) is 5.39 Å². The number of hydrogen-bond acceptors (Lipinski definition) is 3. The Morgan fingerprint density at radius 3 is 2.68 bits per heavy atom. The topological polar surface area (TPSA) is 50.9 Å². The van der Waals surface area contributed by atoms with Gasteiger partial charge < -0.3 is 9.67 Å². The number of aromatic nitrogens is 3. The first-order valence-corrected chi connectivity index (χ1v) is 6.82. The van der Waals surface area contributed by atoms with Gasteiger partial charge in [0.15, 0.2) is 0 Å². The molecule has 0 aliphatic heterocycles. The molecule has 5 heteroatoms. The Hall–Kier alpha value is -2.95. The maximum atomic E-state index is 14.6. The van der Waals surface area contributed by atoms with Crippen LogP contribution in [0, 0.1) is 5.82 Å². The molecule has 0 aliphatic carbocycles. The third-order valence-corrected chi connectivity index (χ3v) is 3.94. The van der Waals surface area contributed by atoms with E-state index in [1.54, 1.807) is 18.5 Å². The molecule has 0 spiro atoms. The SMILES string of the molecule is Cn1c2ccncc2c2c(F)cc(-c3ccc(O)nc3)cc21. The summed E-state index contributed by atoms with van der Waals surface area (Å²) in [4.78, 5) is 7.94. The van der Waals surface area contributed by atoms with Gasteiger partial charge in [-0.15, -0.1) is 0 Å². The standard InChI is InChI=1S/C17H12FN3O/c1-21-14-4-5-19-9-12(14)17-13(18)6-11(7-15(17)21)10-2-3-16(22)20-8-10/h2-9H,1H3,(H,20,22). The molecule has 4 aromatic rings. The number of benzene rings is 1. The molecule has 4 nitrogen and oxygen atoms in total. The second-order valence-electron chi connectivity index (χ2n) is 5.21. The van der Waals surface area contributed by atoms with Gasteiger partial charge in [0.1, 0.15) is 5.82 Å². The van der Waals surface area contributed by atoms with E-state index >= 15 is 0 Å². The Morgan fingerprint density at radius 2 is 1.91 bits per heavy atom. The molecule has 0 saturated heterocycles. The van der Waals surface area contributed by atoms with Crippen LogP contribution in [0.3, 0.4) is 0 Å². The van der Waals surface area contributed by atoms with E-state index in [0.717, 1.165) is 27.5 Å². The highest BCUT2D eigenvalue weighted by molar-refractivity contribution is 6.08. The third-order valence-electron chi connectivity index (χ3n) is 3.94. The number of fused-ring (bicyclic) bond motifs is 3. The highest BCUT2D eigenvalue weighted by atomic mass is 19.1. The monoisotopic (exact) mass is 293 g/mol. The Labute approximate surface area is 125 Å². The van der Waals surface area contributed by atoms with Crippen molar-refractivity contribution in [2.45, 2.75) is 0 Å². The molecule has 0 radical (unpaired) electrons. The van der Waals surface area contributed by atoms with Crippen LogP contribution in [0.5, 0.6) is 5.88 Å². The molecule has 1 aromatic carbocycles. The van der Waals surface area contributed by atoms with Crippen LogP contribution in [0.2, 0.25) is 0 Å². The van der Waals surface area contributed by atoms with Gasteiger partial charge >= 0.3 is 0 Å². The lowest BCUT2D eigenvalue weighted by atomic mass is 10.0. The first kappa shape index (κ1) is 12.8. The van der Waals surface area contributed by atoms with E-state index in [9.17, 15) is 9.50 Å². The van der Waals surface area contributed by atoms with Gasteiger partial charge in [0.2, 0.25) is 5.88 Å². The number of aryl methyl sites for hydroxylation is 1. The Morgan fingerprint density at radius 1 is 1.05 bits per heavy atom. The van der Waals surface area contributed by atoms with Crippen LogP contribution < -0.4 is 0 Å². The molecular formula is C17H12FN3O. The number of pyridine rings is 2. The first-order valence-electron chi connectivity index (χ1n) is 6.82. The lowest BCUT2D eigenvalue weighted by Crippen LogP contribution is -1.89. The van der Waals surface area contributed by atoms with Gasteiger partial charge in [-0.2, -0.15) is 0 Å². The van der Waals surface area contributed by atoms with E-state index in [4.69, 9.17) is 0 Å². The molecule has 0 aliphatic rings. The molecule has 3 aromatic heterocycles. The molecule has 22 heavy (non-hydrogen) atoms. The number of nitrogens with zero attached hydrogens (tertiary/aromatic N) is 3. The van der Waals surface area contributed by atoms with E-state index < -0.39 is 0 Å². The van der Waals surface area contributed by atoms with Crippen molar-refractivity contribution in [3.63, 3.8) is 0 Å². The summed E-state index contributed by atoms with van der Waals surface area (Å²) in [6, 6.07) is 8.49. The predicted octanol–water partition coefficient (Wildman–Crippen LogP) is 3.63. The van der Waals surface area contributed by atoms with Crippen molar-refractivity contribution in [1.29, 1.82) is 0 Å².